The molecular formula is C47H28N4O. The van der Waals surface area contributed by atoms with Gasteiger partial charge in [-0.3, -0.25) is 0 Å². The predicted molar refractivity (Wildman–Crippen MR) is 213 cm³/mol. The van der Waals surface area contributed by atoms with E-state index >= 15 is 0 Å². The minimum Gasteiger partial charge on any atom is -0.456 e. The van der Waals surface area contributed by atoms with Crippen LogP contribution in [0.15, 0.2) is 174 Å². The van der Waals surface area contributed by atoms with Crippen LogP contribution >= 0.6 is 0 Å². The van der Waals surface area contributed by atoms with Crippen molar-refractivity contribution < 1.29 is 4.42 Å². The van der Waals surface area contributed by atoms with Gasteiger partial charge in [-0.15, -0.1) is 0 Å². The van der Waals surface area contributed by atoms with E-state index in [0.717, 1.165) is 66.1 Å². The smallest absolute Gasteiger partial charge is 0.164 e. The van der Waals surface area contributed by atoms with E-state index < -0.39 is 0 Å². The molecular weight excluding hydrogens is 637 g/mol. The highest BCUT2D eigenvalue weighted by molar-refractivity contribution is 6.25. The molecule has 5 heteroatoms. The van der Waals surface area contributed by atoms with Crippen molar-refractivity contribution in [3.05, 3.63) is 170 Å². The fourth-order valence-electron chi connectivity index (χ4n) is 7.88. The first-order valence-electron chi connectivity index (χ1n) is 17.5. The maximum Gasteiger partial charge on any atom is 0.164 e. The molecule has 52 heavy (non-hydrogen) atoms. The summed E-state index contributed by atoms with van der Waals surface area (Å²) in [7, 11) is 0. The Morgan fingerprint density at radius 3 is 1.71 bits per heavy atom. The minimum absolute atomic E-state index is 0.600. The summed E-state index contributed by atoms with van der Waals surface area (Å²) in [4.78, 5) is 15.1. The number of rotatable bonds is 4. The lowest BCUT2D eigenvalue weighted by Crippen LogP contribution is -2.00. The van der Waals surface area contributed by atoms with Crippen LogP contribution in [0.4, 0.5) is 0 Å². The van der Waals surface area contributed by atoms with Crippen LogP contribution in [0.1, 0.15) is 0 Å². The molecule has 0 radical (unpaired) electrons. The molecule has 0 N–H and O–H groups in total. The summed E-state index contributed by atoms with van der Waals surface area (Å²) < 4.78 is 9.20. The van der Waals surface area contributed by atoms with Crippen molar-refractivity contribution in [2.75, 3.05) is 0 Å². The monoisotopic (exact) mass is 664 g/mol. The van der Waals surface area contributed by atoms with E-state index in [1.165, 1.54) is 21.5 Å². The van der Waals surface area contributed by atoms with Gasteiger partial charge >= 0.3 is 0 Å². The highest BCUT2D eigenvalue weighted by Crippen LogP contribution is 2.44. The Labute approximate surface area is 298 Å². The van der Waals surface area contributed by atoms with Gasteiger partial charge in [0.15, 0.2) is 17.5 Å². The number of fused-ring (bicyclic) bond motifs is 9. The predicted octanol–water partition coefficient (Wildman–Crippen LogP) is 12.2. The van der Waals surface area contributed by atoms with Crippen LogP contribution in [0.25, 0.3) is 105 Å². The molecule has 5 nitrogen and oxygen atoms in total. The van der Waals surface area contributed by atoms with Gasteiger partial charge in [-0.05, 0) is 40.4 Å². The van der Waals surface area contributed by atoms with Gasteiger partial charge in [-0.2, -0.15) is 0 Å². The van der Waals surface area contributed by atoms with E-state index in [4.69, 9.17) is 19.4 Å². The molecule has 3 heterocycles. The van der Waals surface area contributed by atoms with Crippen LogP contribution in [0.2, 0.25) is 0 Å². The van der Waals surface area contributed by atoms with Crippen LogP contribution in [-0.2, 0) is 0 Å². The average Bonchev–Trinajstić information content (AvgIpc) is 3.75. The Balaban J connectivity index is 1.22. The molecule has 0 aliphatic heterocycles. The van der Waals surface area contributed by atoms with Crippen molar-refractivity contribution in [2.45, 2.75) is 0 Å². The minimum atomic E-state index is 0.600. The zero-order valence-corrected chi connectivity index (χ0v) is 27.9. The van der Waals surface area contributed by atoms with Gasteiger partial charge < -0.3 is 8.98 Å². The molecule has 11 rings (SSSR count). The molecule has 0 aliphatic rings. The third-order valence-corrected chi connectivity index (χ3v) is 10.2. The van der Waals surface area contributed by atoms with Crippen molar-refractivity contribution in [1.29, 1.82) is 0 Å². The second-order valence-electron chi connectivity index (χ2n) is 13.2. The summed E-state index contributed by atoms with van der Waals surface area (Å²) in [6, 6.07) is 59.1. The molecule has 3 aromatic heterocycles. The second-order valence-corrected chi connectivity index (χ2v) is 13.2. The van der Waals surface area contributed by atoms with Crippen molar-refractivity contribution in [3.8, 4) is 39.9 Å². The topological polar surface area (TPSA) is 56.7 Å². The molecule has 0 aliphatic carbocycles. The Hall–Kier alpha value is -7.11. The van der Waals surface area contributed by atoms with Crippen LogP contribution in [-0.4, -0.2) is 19.5 Å². The summed E-state index contributed by atoms with van der Waals surface area (Å²) >= 11 is 0. The van der Waals surface area contributed by atoms with Crippen LogP contribution in [0.3, 0.4) is 0 Å². The van der Waals surface area contributed by atoms with E-state index in [2.05, 4.69) is 102 Å². The zero-order chi connectivity index (χ0) is 34.2. The van der Waals surface area contributed by atoms with E-state index in [-0.39, 0.29) is 0 Å². The van der Waals surface area contributed by atoms with Crippen molar-refractivity contribution >= 4 is 65.3 Å². The lowest BCUT2D eigenvalue weighted by molar-refractivity contribution is 0.669. The molecule has 0 spiro atoms. The Morgan fingerprint density at radius 1 is 0.385 bits per heavy atom. The van der Waals surface area contributed by atoms with E-state index in [0.29, 0.717) is 17.5 Å². The number of hydrogen-bond acceptors (Lipinski definition) is 4. The number of nitrogens with zero attached hydrogens (tertiary/aromatic N) is 4. The molecule has 8 aromatic carbocycles. The Morgan fingerprint density at radius 2 is 0.981 bits per heavy atom. The zero-order valence-electron chi connectivity index (χ0n) is 27.9. The summed E-state index contributed by atoms with van der Waals surface area (Å²) in [5.74, 6) is 1.85. The van der Waals surface area contributed by atoms with Gasteiger partial charge in [-0.1, -0.05) is 140 Å². The molecule has 242 valence electrons. The molecule has 0 atom stereocenters. The van der Waals surface area contributed by atoms with E-state index in [9.17, 15) is 0 Å². The first-order valence-corrected chi connectivity index (χ1v) is 17.5. The molecule has 11 aromatic rings. The van der Waals surface area contributed by atoms with Gasteiger partial charge in [-0.25, -0.2) is 15.0 Å². The summed E-state index contributed by atoms with van der Waals surface area (Å²) in [6.45, 7) is 0. The van der Waals surface area contributed by atoms with E-state index in [1.54, 1.807) is 0 Å². The Kier molecular flexibility index (Phi) is 6.18. The van der Waals surface area contributed by atoms with E-state index in [1.807, 2.05) is 72.8 Å². The number of aromatic nitrogens is 4. The summed E-state index contributed by atoms with van der Waals surface area (Å²) in [5, 5.41) is 9.15. The number of benzene rings is 8. The quantitative estimate of drug-likeness (QED) is 0.188. The lowest BCUT2D eigenvalue weighted by atomic mass is 9.99. The first kappa shape index (κ1) is 28.7. The van der Waals surface area contributed by atoms with Crippen LogP contribution < -0.4 is 0 Å². The van der Waals surface area contributed by atoms with Crippen molar-refractivity contribution in [2.24, 2.45) is 0 Å². The normalized spacial score (nSPS) is 11.8. The SMILES string of the molecule is c1ccc(-c2nc(-c3ccccc3)nc(-c3cccc4oc5cc(-n6c7ccccc7c7cc8ccccc8cc76)c6ccccc6c5c34)n2)cc1. The highest BCUT2D eigenvalue weighted by Gasteiger charge is 2.22. The fraction of sp³-hybridized carbons (Fsp3) is 0. The summed E-state index contributed by atoms with van der Waals surface area (Å²) in [6.07, 6.45) is 0. The van der Waals surface area contributed by atoms with Gasteiger partial charge in [0.25, 0.3) is 0 Å². The van der Waals surface area contributed by atoms with Gasteiger partial charge in [0.1, 0.15) is 11.2 Å². The molecule has 0 amide bonds. The number of furan rings is 1. The molecule has 0 saturated heterocycles. The average molecular weight is 665 g/mol. The molecule has 0 fully saturated rings. The first-order chi connectivity index (χ1) is 25.8. The van der Waals surface area contributed by atoms with Crippen LogP contribution in [0, 0.1) is 0 Å². The van der Waals surface area contributed by atoms with Gasteiger partial charge in [0.2, 0.25) is 0 Å². The number of hydrogen-bond donors (Lipinski definition) is 0. The molecule has 0 bridgehead atoms. The van der Waals surface area contributed by atoms with Crippen molar-refractivity contribution in [3.63, 3.8) is 0 Å². The van der Waals surface area contributed by atoms with Gasteiger partial charge in [0, 0.05) is 49.7 Å². The fourth-order valence-corrected chi connectivity index (χ4v) is 7.88. The van der Waals surface area contributed by atoms with Crippen molar-refractivity contribution in [1.82, 2.24) is 19.5 Å². The Bertz CT molecular complexity index is 3120. The largest absolute Gasteiger partial charge is 0.456 e. The maximum atomic E-state index is 6.80. The standard InChI is InChI=1S/C47H28N4O/c1-3-14-29(15-4-1)45-48-46(30-16-5-2-6-17-30)50-47(49-45)36-23-13-25-41-44(36)43-35-22-10-9-20-33(35)40(28-42(43)52-41)51-38-24-12-11-21-34(38)37-26-31-18-7-8-19-32(31)27-39(37)51/h1-28H. The highest BCUT2D eigenvalue weighted by atomic mass is 16.3. The third kappa shape index (κ3) is 4.33. The maximum absolute atomic E-state index is 6.80. The van der Waals surface area contributed by atoms with Crippen LogP contribution in [0.5, 0.6) is 0 Å². The lowest BCUT2D eigenvalue weighted by Gasteiger charge is -2.13. The van der Waals surface area contributed by atoms with Gasteiger partial charge in [0.05, 0.1) is 16.7 Å². The molecule has 0 unspecified atom stereocenters. The number of para-hydroxylation sites is 1. The second kappa shape index (κ2) is 11.2. The molecule has 0 saturated carbocycles. The third-order valence-electron chi connectivity index (χ3n) is 10.2. The summed E-state index contributed by atoms with van der Waals surface area (Å²) in [5.41, 5.74) is 7.74.